The highest BCUT2D eigenvalue weighted by atomic mass is 35.5. The number of halogens is 1. The molecule has 0 aromatic heterocycles. The summed E-state index contributed by atoms with van der Waals surface area (Å²) in [5.41, 5.74) is 0.687. The maximum atomic E-state index is 11.9. The second-order valence-corrected chi connectivity index (χ2v) is 10.5. The first kappa shape index (κ1) is 21.1. The topological polar surface area (TPSA) is 74.6 Å². The van der Waals surface area contributed by atoms with Gasteiger partial charge < -0.3 is 10.2 Å². The van der Waals surface area contributed by atoms with E-state index in [0.29, 0.717) is 60.3 Å². The largest absolute Gasteiger partial charge is 0.481 e. The van der Waals surface area contributed by atoms with E-state index in [1.807, 2.05) is 6.08 Å². The van der Waals surface area contributed by atoms with Crippen molar-refractivity contribution in [3.8, 4) is 0 Å². The van der Waals surface area contributed by atoms with Gasteiger partial charge in [0.05, 0.1) is 5.60 Å². The highest BCUT2D eigenvalue weighted by molar-refractivity contribution is 6.18. The third-order valence-electron chi connectivity index (χ3n) is 9.00. The van der Waals surface area contributed by atoms with Crippen molar-refractivity contribution in [2.75, 3.05) is 5.88 Å². The molecule has 160 valence electrons. The fourth-order valence-corrected chi connectivity index (χ4v) is 8.02. The summed E-state index contributed by atoms with van der Waals surface area (Å²) in [5.74, 6) is 2.15. The van der Waals surface area contributed by atoms with Gasteiger partial charge in [-0.05, 0) is 86.2 Å². The summed E-state index contributed by atoms with van der Waals surface area (Å²) in [7, 11) is 0. The molecule has 7 atom stereocenters. The first-order chi connectivity index (χ1) is 13.7. The fraction of sp³-hybridized carbons (Fsp3) is 0.750. The van der Waals surface area contributed by atoms with E-state index < -0.39 is 11.6 Å². The van der Waals surface area contributed by atoms with Crippen LogP contribution in [0, 0.1) is 35.0 Å². The van der Waals surface area contributed by atoms with Crippen molar-refractivity contribution < 1.29 is 19.8 Å². The molecule has 0 unspecified atom stereocenters. The van der Waals surface area contributed by atoms with E-state index in [0.717, 1.165) is 32.1 Å². The first-order valence-corrected chi connectivity index (χ1v) is 11.7. The molecule has 0 aliphatic heterocycles. The molecule has 3 saturated carbocycles. The van der Waals surface area contributed by atoms with E-state index in [1.165, 1.54) is 5.57 Å². The molecule has 4 nitrogen and oxygen atoms in total. The van der Waals surface area contributed by atoms with Crippen molar-refractivity contribution in [1.82, 2.24) is 0 Å². The van der Waals surface area contributed by atoms with E-state index in [2.05, 4.69) is 13.5 Å². The molecule has 3 fully saturated rings. The molecule has 0 aromatic carbocycles. The van der Waals surface area contributed by atoms with Crippen LogP contribution >= 0.6 is 11.6 Å². The predicted octanol–water partition coefficient (Wildman–Crippen LogP) is 4.75. The second-order valence-electron chi connectivity index (χ2n) is 10.1. The minimum atomic E-state index is -1.01. The van der Waals surface area contributed by atoms with E-state index in [4.69, 9.17) is 16.7 Å². The van der Waals surface area contributed by atoms with Crippen molar-refractivity contribution in [3.63, 3.8) is 0 Å². The number of carboxylic acid groups (broad SMARTS) is 1. The number of carbonyl (C=O) groups is 2. The van der Waals surface area contributed by atoms with Crippen LogP contribution in [-0.4, -0.2) is 33.4 Å². The highest BCUT2D eigenvalue weighted by Gasteiger charge is 2.64. The van der Waals surface area contributed by atoms with E-state index in [1.54, 1.807) is 0 Å². The van der Waals surface area contributed by atoms with E-state index in [-0.39, 0.29) is 17.6 Å². The van der Waals surface area contributed by atoms with Gasteiger partial charge in [-0.15, -0.1) is 11.6 Å². The first-order valence-electron chi connectivity index (χ1n) is 11.1. The number of alkyl halides is 1. The fourth-order valence-electron chi connectivity index (χ4n) is 7.70. The van der Waals surface area contributed by atoms with Crippen LogP contribution < -0.4 is 0 Å². The Hall–Kier alpha value is -1.13. The van der Waals surface area contributed by atoms with E-state index >= 15 is 0 Å². The SMILES string of the molecule is C=C(CCC(=O)O)[C@]1(O)CC[C@H]2[C@@H]3CCC4=CC(=O)CC[C@@H]4[C@H]3[C@@H](CCl)C[C@@]21C. The number of aliphatic hydroxyl groups is 1. The quantitative estimate of drug-likeness (QED) is 0.497. The van der Waals surface area contributed by atoms with Crippen LogP contribution in [-0.2, 0) is 9.59 Å². The summed E-state index contributed by atoms with van der Waals surface area (Å²) in [4.78, 5) is 23.0. The van der Waals surface area contributed by atoms with Gasteiger partial charge in [0.1, 0.15) is 0 Å². The zero-order valence-electron chi connectivity index (χ0n) is 17.3. The lowest BCUT2D eigenvalue weighted by Crippen LogP contribution is -2.56. The Morgan fingerprint density at radius 2 is 2.03 bits per heavy atom. The number of hydrogen-bond donors (Lipinski definition) is 2. The van der Waals surface area contributed by atoms with Gasteiger partial charge >= 0.3 is 5.97 Å². The van der Waals surface area contributed by atoms with Gasteiger partial charge in [0.2, 0.25) is 0 Å². The molecule has 2 N–H and O–H groups in total. The van der Waals surface area contributed by atoms with E-state index in [9.17, 15) is 14.7 Å². The summed E-state index contributed by atoms with van der Waals surface area (Å²) in [6, 6.07) is 0. The van der Waals surface area contributed by atoms with Crippen LogP contribution in [0.5, 0.6) is 0 Å². The molecular formula is C24H33ClO4. The minimum Gasteiger partial charge on any atom is -0.481 e. The van der Waals surface area contributed by atoms with Crippen molar-refractivity contribution in [2.45, 2.75) is 70.3 Å². The standard InChI is InChI=1S/C24H33ClO4/c1-14(3-8-21(27)28)24(29)10-9-20-19-6-4-15-11-17(26)5-7-18(15)22(19)16(13-25)12-23(20,24)2/h11,16,18-20,22,29H,1,3-10,12-13H2,2H3,(H,27,28)/t16-,18+,19+,20+,22-,23+,24-/m1/s1. The summed E-state index contributed by atoms with van der Waals surface area (Å²) in [6.07, 6.45) is 8.34. The molecule has 4 rings (SSSR count). The zero-order chi connectivity index (χ0) is 21.0. The van der Waals surface area contributed by atoms with Crippen molar-refractivity contribution in [2.24, 2.45) is 35.0 Å². The summed E-state index contributed by atoms with van der Waals surface area (Å²) in [6.45, 7) is 6.35. The Kier molecular flexibility index (Phi) is 5.48. The maximum Gasteiger partial charge on any atom is 0.303 e. The van der Waals surface area contributed by atoms with Gasteiger partial charge in [-0.3, -0.25) is 9.59 Å². The maximum absolute atomic E-state index is 11.9. The monoisotopic (exact) mass is 420 g/mol. The van der Waals surface area contributed by atoms with Crippen LogP contribution in [0.15, 0.2) is 23.8 Å². The summed E-state index contributed by atoms with van der Waals surface area (Å²) < 4.78 is 0. The number of ketones is 1. The van der Waals surface area contributed by atoms with Gasteiger partial charge in [-0.2, -0.15) is 0 Å². The number of hydrogen-bond acceptors (Lipinski definition) is 3. The normalized spacial score (nSPS) is 43.8. The average Bonchev–Trinajstić information content (AvgIpc) is 2.96. The molecule has 29 heavy (non-hydrogen) atoms. The van der Waals surface area contributed by atoms with Gasteiger partial charge in [0, 0.05) is 24.1 Å². The molecule has 0 amide bonds. The number of aliphatic carboxylic acids is 1. The Balaban J connectivity index is 1.64. The third kappa shape index (κ3) is 3.22. The van der Waals surface area contributed by atoms with Gasteiger partial charge in [-0.1, -0.05) is 19.1 Å². The smallest absolute Gasteiger partial charge is 0.303 e. The number of rotatable bonds is 5. The predicted molar refractivity (Wildman–Crippen MR) is 113 cm³/mol. The molecule has 0 saturated heterocycles. The molecule has 0 heterocycles. The van der Waals surface area contributed by atoms with Crippen LogP contribution in [0.1, 0.15) is 64.7 Å². The summed E-state index contributed by atoms with van der Waals surface area (Å²) in [5, 5.41) is 20.9. The summed E-state index contributed by atoms with van der Waals surface area (Å²) >= 11 is 6.52. The zero-order valence-corrected chi connectivity index (χ0v) is 18.1. The number of carbonyl (C=O) groups excluding carboxylic acids is 1. The van der Waals surface area contributed by atoms with Crippen molar-refractivity contribution >= 4 is 23.4 Å². The average molecular weight is 421 g/mol. The second kappa shape index (κ2) is 7.53. The van der Waals surface area contributed by atoms with Crippen molar-refractivity contribution in [3.05, 3.63) is 23.8 Å². The number of fused-ring (bicyclic) bond motifs is 5. The Bertz CT molecular complexity index is 758. The van der Waals surface area contributed by atoms with Crippen LogP contribution in [0.2, 0.25) is 0 Å². The molecule has 4 aliphatic carbocycles. The molecular weight excluding hydrogens is 388 g/mol. The van der Waals surface area contributed by atoms with Crippen LogP contribution in [0.25, 0.3) is 0 Å². The molecule has 0 bridgehead atoms. The van der Waals surface area contributed by atoms with Crippen molar-refractivity contribution in [1.29, 1.82) is 0 Å². The van der Waals surface area contributed by atoms with Crippen LogP contribution in [0.4, 0.5) is 0 Å². The Labute approximate surface area is 178 Å². The lowest BCUT2D eigenvalue weighted by Gasteiger charge is -2.58. The molecule has 4 aliphatic rings. The number of carboxylic acids is 1. The van der Waals surface area contributed by atoms with Crippen LogP contribution in [0.3, 0.4) is 0 Å². The Morgan fingerprint density at radius 1 is 1.28 bits per heavy atom. The molecule has 0 radical (unpaired) electrons. The molecule has 0 aromatic rings. The molecule has 0 spiro atoms. The lowest BCUT2D eigenvalue weighted by atomic mass is 9.47. The highest BCUT2D eigenvalue weighted by Crippen LogP contribution is 2.67. The third-order valence-corrected chi connectivity index (χ3v) is 9.40. The minimum absolute atomic E-state index is 0.0110. The molecule has 5 heteroatoms. The van der Waals surface area contributed by atoms with Gasteiger partial charge in [0.25, 0.3) is 0 Å². The Morgan fingerprint density at radius 3 is 2.72 bits per heavy atom. The van der Waals surface area contributed by atoms with Gasteiger partial charge in [0.15, 0.2) is 5.78 Å². The van der Waals surface area contributed by atoms with Gasteiger partial charge in [-0.25, -0.2) is 0 Å². The number of allylic oxidation sites excluding steroid dienone is 1. The lowest BCUT2D eigenvalue weighted by molar-refractivity contribution is -0.137.